The Labute approximate surface area is 93.2 Å². The van der Waals surface area contributed by atoms with E-state index in [-0.39, 0.29) is 0 Å². The van der Waals surface area contributed by atoms with E-state index < -0.39 is 11.9 Å². The number of esters is 2. The quantitative estimate of drug-likeness (QED) is 0.444. The van der Waals surface area contributed by atoms with Gasteiger partial charge in [0.05, 0.1) is 6.26 Å². The smallest absolute Gasteiger partial charge is 0.342 e. The molecule has 16 heavy (non-hydrogen) atoms. The molecule has 1 aromatic rings. The Bertz CT molecular complexity index is 412. The number of carbonyl (C=O) groups is 2. The number of carbonyl (C=O) groups excluding carboxylic acids is 2. The number of ether oxygens (including phenoxy) is 1. The summed E-state index contributed by atoms with van der Waals surface area (Å²) in [5, 5.41) is 0. The van der Waals surface area contributed by atoms with E-state index in [0.29, 0.717) is 17.8 Å². The lowest BCUT2D eigenvalue weighted by Crippen LogP contribution is -2.11. The van der Waals surface area contributed by atoms with Gasteiger partial charge in [0.2, 0.25) is 0 Å². The van der Waals surface area contributed by atoms with E-state index >= 15 is 0 Å². The first-order chi connectivity index (χ1) is 7.67. The topological polar surface area (TPSA) is 56.5 Å². The molecule has 84 valence electrons. The Morgan fingerprint density at radius 1 is 1.56 bits per heavy atom. The van der Waals surface area contributed by atoms with Gasteiger partial charge in [-0.15, -0.1) is 0 Å². The van der Waals surface area contributed by atoms with Crippen LogP contribution < -0.4 is 0 Å². The highest BCUT2D eigenvalue weighted by Gasteiger charge is 2.12. The fourth-order valence-corrected chi connectivity index (χ4v) is 1.05. The third-order valence-corrected chi connectivity index (χ3v) is 1.86. The molecule has 0 amide bonds. The van der Waals surface area contributed by atoms with Crippen LogP contribution in [0.15, 0.2) is 41.0 Å². The van der Waals surface area contributed by atoms with Crippen LogP contribution in [0.2, 0.25) is 0 Å². The molecule has 4 heteroatoms. The van der Waals surface area contributed by atoms with Crippen molar-refractivity contribution in [2.45, 2.75) is 13.3 Å². The van der Waals surface area contributed by atoms with Crippen molar-refractivity contribution < 1.29 is 18.7 Å². The van der Waals surface area contributed by atoms with E-state index in [1.165, 1.54) is 6.26 Å². The molecule has 0 saturated heterocycles. The minimum atomic E-state index is -0.760. The standard InChI is InChI=1S/C12H12O4/c1-3-9(8-10-6-5-7-15-10)12(14)16-11(13)4-2/h4-8H,2-3H2,1H3. The summed E-state index contributed by atoms with van der Waals surface area (Å²) in [6, 6.07) is 3.41. The second kappa shape index (κ2) is 5.70. The van der Waals surface area contributed by atoms with Crippen molar-refractivity contribution in [3.63, 3.8) is 0 Å². The van der Waals surface area contributed by atoms with Crippen LogP contribution in [-0.2, 0) is 14.3 Å². The molecule has 0 aliphatic carbocycles. The van der Waals surface area contributed by atoms with E-state index in [9.17, 15) is 9.59 Å². The number of rotatable bonds is 4. The maximum absolute atomic E-state index is 11.5. The fourth-order valence-electron chi connectivity index (χ4n) is 1.05. The van der Waals surface area contributed by atoms with Crippen molar-refractivity contribution in [2.75, 3.05) is 0 Å². The molecule has 1 rings (SSSR count). The Kier molecular flexibility index (Phi) is 4.27. The average Bonchev–Trinajstić information content (AvgIpc) is 2.78. The molecule has 0 bridgehead atoms. The molecule has 0 saturated carbocycles. The molecule has 0 radical (unpaired) electrons. The molecule has 0 N–H and O–H groups in total. The number of hydrogen-bond acceptors (Lipinski definition) is 4. The lowest BCUT2D eigenvalue weighted by molar-refractivity contribution is -0.153. The maximum atomic E-state index is 11.5. The first-order valence-electron chi connectivity index (χ1n) is 4.80. The lowest BCUT2D eigenvalue weighted by atomic mass is 10.2. The van der Waals surface area contributed by atoms with Crippen molar-refractivity contribution in [2.24, 2.45) is 0 Å². The normalized spacial score (nSPS) is 10.9. The summed E-state index contributed by atoms with van der Waals surface area (Å²) in [5.41, 5.74) is 0.366. The van der Waals surface area contributed by atoms with Gasteiger partial charge in [-0.1, -0.05) is 13.5 Å². The molecule has 1 heterocycles. The van der Waals surface area contributed by atoms with Gasteiger partial charge >= 0.3 is 11.9 Å². The lowest BCUT2D eigenvalue weighted by Gasteiger charge is -2.01. The average molecular weight is 220 g/mol. The first-order valence-corrected chi connectivity index (χ1v) is 4.80. The van der Waals surface area contributed by atoms with Crippen molar-refractivity contribution in [3.8, 4) is 0 Å². The molecule has 0 unspecified atom stereocenters. The van der Waals surface area contributed by atoms with Crippen LogP contribution >= 0.6 is 0 Å². The predicted molar refractivity (Wildman–Crippen MR) is 58.3 cm³/mol. The van der Waals surface area contributed by atoms with Crippen LogP contribution in [0.3, 0.4) is 0 Å². The third-order valence-electron chi connectivity index (χ3n) is 1.86. The van der Waals surface area contributed by atoms with Gasteiger partial charge in [-0.25, -0.2) is 9.59 Å². The van der Waals surface area contributed by atoms with Gasteiger partial charge in [0.15, 0.2) is 0 Å². The van der Waals surface area contributed by atoms with E-state index in [0.717, 1.165) is 6.08 Å². The van der Waals surface area contributed by atoms with Crippen molar-refractivity contribution in [1.82, 2.24) is 0 Å². The minimum absolute atomic E-state index is 0.366. The zero-order valence-electron chi connectivity index (χ0n) is 8.93. The SMILES string of the molecule is C=CC(=O)OC(=O)C(=Cc1ccco1)CC. The summed E-state index contributed by atoms with van der Waals surface area (Å²) in [7, 11) is 0. The fraction of sp³-hybridized carbons (Fsp3) is 0.167. The van der Waals surface area contributed by atoms with Crippen LogP contribution in [0, 0.1) is 0 Å². The highest BCUT2D eigenvalue weighted by molar-refractivity contribution is 6.01. The van der Waals surface area contributed by atoms with Gasteiger partial charge in [0.1, 0.15) is 5.76 Å². The van der Waals surface area contributed by atoms with Crippen LogP contribution in [0.5, 0.6) is 0 Å². The Balaban J connectivity index is 2.78. The largest absolute Gasteiger partial charge is 0.465 e. The second-order valence-electron chi connectivity index (χ2n) is 2.95. The summed E-state index contributed by atoms with van der Waals surface area (Å²) in [4.78, 5) is 22.3. The molecule has 0 aliphatic rings. The van der Waals surface area contributed by atoms with Gasteiger partial charge in [-0.2, -0.15) is 0 Å². The highest BCUT2D eigenvalue weighted by Crippen LogP contribution is 2.11. The predicted octanol–water partition coefficient (Wildman–Crippen LogP) is 2.33. The van der Waals surface area contributed by atoms with E-state index in [1.807, 2.05) is 0 Å². The zero-order chi connectivity index (χ0) is 12.0. The summed E-state index contributed by atoms with van der Waals surface area (Å²) in [6.07, 6.45) is 4.43. The number of furan rings is 1. The Hall–Kier alpha value is -2.10. The van der Waals surface area contributed by atoms with Crippen LogP contribution in [0.1, 0.15) is 19.1 Å². The zero-order valence-corrected chi connectivity index (χ0v) is 8.93. The van der Waals surface area contributed by atoms with E-state index in [1.54, 1.807) is 25.1 Å². The molecule has 0 atom stereocenters. The summed E-state index contributed by atoms with van der Waals surface area (Å²) < 4.78 is 9.55. The van der Waals surface area contributed by atoms with Crippen molar-refractivity contribution in [1.29, 1.82) is 0 Å². The first kappa shape index (κ1) is 12.0. The summed E-state index contributed by atoms with van der Waals surface area (Å²) >= 11 is 0. The van der Waals surface area contributed by atoms with Crippen LogP contribution in [0.25, 0.3) is 6.08 Å². The van der Waals surface area contributed by atoms with Gasteiger partial charge < -0.3 is 9.15 Å². The molecule has 1 aromatic heterocycles. The van der Waals surface area contributed by atoms with Crippen molar-refractivity contribution in [3.05, 3.63) is 42.4 Å². The van der Waals surface area contributed by atoms with Crippen LogP contribution in [-0.4, -0.2) is 11.9 Å². The summed E-state index contributed by atoms with van der Waals surface area (Å²) in [5.74, 6) is -0.896. The van der Waals surface area contributed by atoms with E-state index in [2.05, 4.69) is 11.3 Å². The molecular formula is C12H12O4. The Morgan fingerprint density at radius 2 is 2.31 bits per heavy atom. The second-order valence-corrected chi connectivity index (χ2v) is 2.95. The monoisotopic (exact) mass is 220 g/mol. The maximum Gasteiger partial charge on any atom is 0.342 e. The van der Waals surface area contributed by atoms with Gasteiger partial charge in [-0.05, 0) is 24.6 Å². The molecule has 0 aliphatic heterocycles. The highest BCUT2D eigenvalue weighted by atomic mass is 16.6. The van der Waals surface area contributed by atoms with Crippen molar-refractivity contribution >= 4 is 18.0 Å². The molecule has 0 aromatic carbocycles. The van der Waals surface area contributed by atoms with Gasteiger partial charge in [-0.3, -0.25) is 0 Å². The van der Waals surface area contributed by atoms with E-state index in [4.69, 9.17) is 4.42 Å². The molecule has 4 nitrogen and oxygen atoms in total. The van der Waals surface area contributed by atoms with Crippen LogP contribution in [0.4, 0.5) is 0 Å². The Morgan fingerprint density at radius 3 is 2.81 bits per heavy atom. The molecule has 0 fully saturated rings. The molecule has 0 spiro atoms. The third kappa shape index (κ3) is 3.24. The molecular weight excluding hydrogens is 208 g/mol. The minimum Gasteiger partial charge on any atom is -0.465 e. The van der Waals surface area contributed by atoms with Gasteiger partial charge in [0.25, 0.3) is 0 Å². The van der Waals surface area contributed by atoms with Gasteiger partial charge in [0, 0.05) is 11.6 Å². The summed E-state index contributed by atoms with van der Waals surface area (Å²) in [6.45, 7) is 5.00. The number of hydrogen-bond donors (Lipinski definition) is 0.